The first-order valence-corrected chi connectivity index (χ1v) is 17.3. The van der Waals surface area contributed by atoms with Gasteiger partial charge in [-0.25, -0.2) is 4.68 Å². The number of nitrogens with zero attached hydrogens (tertiary/aromatic N) is 5. The fourth-order valence-corrected chi connectivity index (χ4v) is 6.74. The molecule has 6 aromatic rings. The number of carbonyl (C=O) groups is 1. The summed E-state index contributed by atoms with van der Waals surface area (Å²) in [6, 6.07) is 25.6. The molecule has 1 unspecified atom stereocenters. The van der Waals surface area contributed by atoms with Gasteiger partial charge in [-0.05, 0) is 84.9 Å². The van der Waals surface area contributed by atoms with Crippen molar-refractivity contribution >= 4 is 52.5 Å². The number of hydrogen-bond donors (Lipinski definition) is 4. The number of aliphatic hydroxyl groups is 1. The van der Waals surface area contributed by atoms with Gasteiger partial charge in [0.05, 0.1) is 11.5 Å². The number of halogens is 2. The monoisotopic (exact) mass is 746 g/mol. The number of thioether (sulfide) groups is 2. The van der Waals surface area contributed by atoms with Crippen LogP contribution in [0.25, 0.3) is 22.5 Å². The molecule has 0 amide bonds. The molecule has 3 heterocycles. The van der Waals surface area contributed by atoms with Crippen molar-refractivity contribution in [1.82, 2.24) is 29.9 Å². The maximum atomic E-state index is 12.3. The Kier molecular flexibility index (Phi) is 10.4. The first-order chi connectivity index (χ1) is 24.0. The molecule has 12 nitrogen and oxygen atoms in total. The van der Waals surface area contributed by atoms with Crippen molar-refractivity contribution in [3.05, 3.63) is 139 Å². The normalized spacial score (nSPS) is 14.8. The van der Waals surface area contributed by atoms with Gasteiger partial charge >= 0.3 is 5.56 Å². The lowest BCUT2D eigenvalue weighted by molar-refractivity contribution is 0.0125. The maximum absolute atomic E-state index is 12.3. The molecule has 0 bridgehead atoms. The SMILES string of the molecule is O=C(CSc1nnc(-c2ccc(O)cc2)c(=O)[nH]1)c1ccc(Cl)cc1.O=c1nc2n(nc1-c1ccc(O)cc1)C(O)(c1ccc(Cl)cc1)CS2. The summed E-state index contributed by atoms with van der Waals surface area (Å²) in [7, 11) is 0. The molecule has 0 radical (unpaired) electrons. The first kappa shape index (κ1) is 34.9. The molecule has 252 valence electrons. The van der Waals surface area contributed by atoms with E-state index < -0.39 is 16.8 Å². The second kappa shape index (κ2) is 14.9. The van der Waals surface area contributed by atoms with E-state index in [0.29, 0.717) is 37.5 Å². The summed E-state index contributed by atoms with van der Waals surface area (Å²) in [5.74, 6) is 0.483. The van der Waals surface area contributed by atoms with Crippen LogP contribution in [0.4, 0.5) is 0 Å². The summed E-state index contributed by atoms with van der Waals surface area (Å²) < 4.78 is 1.37. The first-order valence-electron chi connectivity index (χ1n) is 14.6. The van der Waals surface area contributed by atoms with Crippen LogP contribution in [0.3, 0.4) is 0 Å². The van der Waals surface area contributed by atoms with E-state index in [9.17, 15) is 29.7 Å². The Labute approximate surface area is 301 Å². The summed E-state index contributed by atoms with van der Waals surface area (Å²) in [6.45, 7) is 0. The third kappa shape index (κ3) is 7.74. The Balaban J connectivity index is 0.000000173. The Hall–Kier alpha value is -4.99. The highest BCUT2D eigenvalue weighted by Crippen LogP contribution is 2.38. The van der Waals surface area contributed by atoms with Crippen LogP contribution in [0.2, 0.25) is 10.0 Å². The van der Waals surface area contributed by atoms with Gasteiger partial charge in [0, 0.05) is 32.3 Å². The number of hydrogen-bond acceptors (Lipinski definition) is 12. The predicted octanol–water partition coefficient (Wildman–Crippen LogP) is 5.63. The summed E-state index contributed by atoms with van der Waals surface area (Å²) in [6.07, 6.45) is 0. The van der Waals surface area contributed by atoms with Gasteiger partial charge in [0.2, 0.25) is 0 Å². The Bertz CT molecular complexity index is 2290. The van der Waals surface area contributed by atoms with Gasteiger partial charge in [-0.15, -0.1) is 10.2 Å². The summed E-state index contributed by atoms with van der Waals surface area (Å²) in [5.41, 5.74) is 0.141. The molecular formula is C34H24Cl2N6O6S2. The average Bonchev–Trinajstić information content (AvgIpc) is 3.44. The number of phenols is 2. The quantitative estimate of drug-likeness (QED) is 0.117. The summed E-state index contributed by atoms with van der Waals surface area (Å²) in [5, 5.41) is 43.8. The number of nitrogens with one attached hydrogen (secondary N) is 1. The van der Waals surface area contributed by atoms with Crippen LogP contribution < -0.4 is 11.1 Å². The molecule has 16 heteroatoms. The summed E-state index contributed by atoms with van der Waals surface area (Å²) in [4.78, 5) is 43.2. The van der Waals surface area contributed by atoms with Crippen LogP contribution in [0.15, 0.2) is 117 Å². The molecule has 50 heavy (non-hydrogen) atoms. The van der Waals surface area contributed by atoms with Crippen molar-refractivity contribution in [2.45, 2.75) is 16.0 Å². The van der Waals surface area contributed by atoms with Gasteiger partial charge in [-0.1, -0.05) is 58.9 Å². The predicted molar refractivity (Wildman–Crippen MR) is 191 cm³/mol. The number of Topliss-reactive ketones (excluding diaryl/α,β-unsaturated/α-hetero) is 1. The minimum Gasteiger partial charge on any atom is -0.508 e. The lowest BCUT2D eigenvalue weighted by Crippen LogP contribution is -2.37. The molecule has 0 saturated heterocycles. The maximum Gasteiger partial charge on any atom is 0.300 e. The Morgan fingerprint density at radius 3 is 1.96 bits per heavy atom. The molecule has 0 fully saturated rings. The number of benzene rings is 4. The van der Waals surface area contributed by atoms with E-state index in [0.717, 1.165) is 11.8 Å². The lowest BCUT2D eigenvalue weighted by atomic mass is 10.1. The number of fused-ring (bicyclic) bond motifs is 1. The van der Waals surface area contributed by atoms with Crippen LogP contribution in [0, 0.1) is 0 Å². The van der Waals surface area contributed by atoms with Crippen molar-refractivity contribution in [3.8, 4) is 34.0 Å². The largest absolute Gasteiger partial charge is 0.508 e. The summed E-state index contributed by atoms with van der Waals surface area (Å²) >= 11 is 14.1. The molecule has 7 rings (SSSR count). The highest BCUT2D eigenvalue weighted by atomic mass is 35.5. The zero-order chi connectivity index (χ0) is 35.4. The smallest absolute Gasteiger partial charge is 0.300 e. The fraction of sp³-hybridized carbons (Fsp3) is 0.0882. The minimum atomic E-state index is -1.42. The average molecular weight is 748 g/mol. The van der Waals surface area contributed by atoms with Crippen molar-refractivity contribution in [2.75, 3.05) is 11.5 Å². The van der Waals surface area contributed by atoms with Crippen LogP contribution >= 0.6 is 46.7 Å². The van der Waals surface area contributed by atoms with Gasteiger partial charge in [-0.3, -0.25) is 19.4 Å². The molecule has 1 aliphatic rings. The highest BCUT2D eigenvalue weighted by Gasteiger charge is 2.41. The van der Waals surface area contributed by atoms with E-state index in [-0.39, 0.29) is 45.3 Å². The highest BCUT2D eigenvalue weighted by molar-refractivity contribution is 7.99. The van der Waals surface area contributed by atoms with Crippen molar-refractivity contribution < 1.29 is 20.1 Å². The molecule has 4 N–H and O–H groups in total. The van der Waals surface area contributed by atoms with E-state index >= 15 is 0 Å². The number of aromatic amines is 1. The molecule has 0 spiro atoms. The van der Waals surface area contributed by atoms with E-state index in [4.69, 9.17) is 23.2 Å². The van der Waals surface area contributed by atoms with Gasteiger partial charge in [0.25, 0.3) is 5.56 Å². The third-order valence-corrected chi connectivity index (χ3v) is 9.74. The molecule has 1 atom stereocenters. The second-order valence-electron chi connectivity index (χ2n) is 10.7. The number of phenolic OH excluding ortho intramolecular Hbond substituents is 2. The number of aromatic hydroxyl groups is 2. The van der Waals surface area contributed by atoms with Crippen LogP contribution in [-0.4, -0.2) is 62.6 Å². The van der Waals surface area contributed by atoms with Crippen molar-refractivity contribution in [3.63, 3.8) is 0 Å². The van der Waals surface area contributed by atoms with Crippen molar-refractivity contribution in [2.24, 2.45) is 0 Å². The van der Waals surface area contributed by atoms with Gasteiger partial charge in [0.15, 0.2) is 33.2 Å². The van der Waals surface area contributed by atoms with Crippen LogP contribution in [0.1, 0.15) is 15.9 Å². The minimum absolute atomic E-state index is 0.0891. The Morgan fingerprint density at radius 1 is 0.820 bits per heavy atom. The standard InChI is InChI=1S/2C17H12ClN3O3S/c18-12-5-3-11(4-6-12)17(24)9-25-16-19-15(23)14(20-21(16)17)10-1-7-13(22)8-2-10;18-12-5-1-10(2-6-12)14(23)9-25-17-19-16(24)15(20-21-17)11-3-7-13(22)8-4-11/h1-8,22,24H,9H2;1-8,22H,9H2,(H,19,21,24). The number of aromatic nitrogens is 6. The number of ketones is 1. The molecule has 4 aromatic carbocycles. The fourth-order valence-electron chi connectivity index (χ4n) is 4.70. The topological polar surface area (TPSA) is 184 Å². The van der Waals surface area contributed by atoms with Gasteiger partial charge in [0.1, 0.15) is 11.5 Å². The number of H-pyrrole nitrogens is 1. The van der Waals surface area contributed by atoms with Gasteiger partial charge in [-0.2, -0.15) is 10.1 Å². The molecule has 2 aromatic heterocycles. The number of rotatable bonds is 7. The molecular weight excluding hydrogens is 723 g/mol. The Morgan fingerprint density at radius 2 is 1.38 bits per heavy atom. The molecule has 1 aliphatic heterocycles. The zero-order valence-electron chi connectivity index (χ0n) is 25.5. The zero-order valence-corrected chi connectivity index (χ0v) is 28.7. The second-order valence-corrected chi connectivity index (χ2v) is 13.5. The van der Waals surface area contributed by atoms with Crippen LogP contribution in [0.5, 0.6) is 11.5 Å². The van der Waals surface area contributed by atoms with E-state index in [1.54, 1.807) is 72.8 Å². The lowest BCUT2D eigenvalue weighted by Gasteiger charge is -2.24. The number of carbonyl (C=O) groups excluding carboxylic acids is 1. The van der Waals surface area contributed by atoms with E-state index in [1.807, 2.05) is 0 Å². The van der Waals surface area contributed by atoms with E-state index in [1.165, 1.54) is 40.7 Å². The molecule has 0 saturated carbocycles. The third-order valence-electron chi connectivity index (χ3n) is 7.30. The van der Waals surface area contributed by atoms with Crippen molar-refractivity contribution in [1.29, 1.82) is 0 Å². The van der Waals surface area contributed by atoms with Gasteiger partial charge < -0.3 is 15.3 Å². The van der Waals surface area contributed by atoms with E-state index in [2.05, 4.69) is 25.3 Å². The molecule has 0 aliphatic carbocycles. The van der Waals surface area contributed by atoms with Crippen LogP contribution in [-0.2, 0) is 5.72 Å².